The van der Waals surface area contributed by atoms with Crippen molar-refractivity contribution in [2.45, 2.75) is 70.5 Å². The first-order chi connectivity index (χ1) is 14.4. The lowest BCUT2D eigenvalue weighted by Gasteiger charge is -2.53. The van der Waals surface area contributed by atoms with E-state index in [4.69, 9.17) is 16.7 Å². The fourth-order valence-corrected chi connectivity index (χ4v) is 6.00. The minimum absolute atomic E-state index is 0.195. The monoisotopic (exact) mass is 429 g/mol. The predicted molar refractivity (Wildman–Crippen MR) is 115 cm³/mol. The molecule has 3 heterocycles. The molecule has 7 nitrogen and oxygen atoms in total. The van der Waals surface area contributed by atoms with Gasteiger partial charge in [0, 0.05) is 54.7 Å². The highest BCUT2D eigenvalue weighted by atomic mass is 35.5. The molecule has 2 aromatic heterocycles. The summed E-state index contributed by atoms with van der Waals surface area (Å²) in [6.45, 7) is 4.85. The fraction of sp³-hybridized carbons (Fsp3) is 0.591. The van der Waals surface area contributed by atoms with Crippen LogP contribution in [-0.4, -0.2) is 38.0 Å². The number of carboxylic acid groups (broad SMARTS) is 1. The normalized spacial score (nSPS) is 27.7. The van der Waals surface area contributed by atoms with Gasteiger partial charge in [-0.1, -0.05) is 11.6 Å². The Kier molecular flexibility index (Phi) is 4.69. The first-order valence-corrected chi connectivity index (χ1v) is 11.2. The molecular formula is C22H28ClN5O2. The molecule has 1 amide bonds. The summed E-state index contributed by atoms with van der Waals surface area (Å²) in [5.74, 6) is 0. The van der Waals surface area contributed by atoms with Crippen LogP contribution in [-0.2, 0) is 19.5 Å². The molecule has 3 aliphatic carbocycles. The Balaban J connectivity index is 1.33. The van der Waals surface area contributed by atoms with E-state index in [1.807, 2.05) is 12.1 Å². The van der Waals surface area contributed by atoms with E-state index in [-0.39, 0.29) is 11.0 Å². The van der Waals surface area contributed by atoms with Crippen molar-refractivity contribution < 1.29 is 9.90 Å². The molecule has 2 bridgehead atoms. The van der Waals surface area contributed by atoms with Gasteiger partial charge < -0.3 is 15.3 Å². The Bertz CT molecular complexity index is 963. The van der Waals surface area contributed by atoms with Crippen LogP contribution in [0.1, 0.15) is 55.5 Å². The predicted octanol–water partition coefficient (Wildman–Crippen LogP) is 4.16. The Morgan fingerprint density at radius 3 is 2.67 bits per heavy atom. The van der Waals surface area contributed by atoms with Crippen molar-refractivity contribution in [2.24, 2.45) is 5.41 Å². The number of nitrogens with one attached hydrogen (secondary N) is 1. The zero-order chi connectivity index (χ0) is 20.9. The molecule has 4 aliphatic rings. The number of nitrogens with zero attached hydrogens (tertiary/aromatic N) is 4. The van der Waals surface area contributed by atoms with Gasteiger partial charge >= 0.3 is 6.09 Å². The minimum Gasteiger partial charge on any atom is -0.465 e. The molecule has 8 heteroatoms. The van der Waals surface area contributed by atoms with E-state index >= 15 is 0 Å². The molecule has 3 saturated carbocycles. The van der Waals surface area contributed by atoms with Crippen LogP contribution in [0.4, 0.5) is 10.5 Å². The van der Waals surface area contributed by atoms with E-state index in [0.717, 1.165) is 76.0 Å². The summed E-state index contributed by atoms with van der Waals surface area (Å²) in [6, 6.07) is 3.93. The molecule has 0 atom stereocenters. The molecular weight excluding hydrogens is 402 g/mol. The van der Waals surface area contributed by atoms with Gasteiger partial charge in [0.2, 0.25) is 0 Å². The van der Waals surface area contributed by atoms with Crippen LogP contribution >= 0.6 is 11.6 Å². The molecule has 160 valence electrons. The standard InChI is InChI=1S/C22H28ClN5O2/c1-15-17-13-27(16-2-10-24-19(23)12-16)11-3-18(17)28(26-15)14-21-4-7-22(8-5-21,9-6-21)25-20(29)30/h2,10,12,25H,3-9,11,13-14H2,1H3,(H,29,30). The van der Waals surface area contributed by atoms with Crippen LogP contribution in [0, 0.1) is 12.3 Å². The second-order valence-electron chi connectivity index (χ2n) is 9.39. The highest BCUT2D eigenvalue weighted by Gasteiger charge is 2.49. The van der Waals surface area contributed by atoms with Gasteiger partial charge in [0.25, 0.3) is 0 Å². The Hall–Kier alpha value is -2.28. The van der Waals surface area contributed by atoms with Gasteiger partial charge in [0.1, 0.15) is 5.15 Å². The quantitative estimate of drug-likeness (QED) is 0.713. The van der Waals surface area contributed by atoms with Crippen molar-refractivity contribution in [2.75, 3.05) is 11.4 Å². The largest absolute Gasteiger partial charge is 0.465 e. The smallest absolute Gasteiger partial charge is 0.405 e. The number of amides is 1. The van der Waals surface area contributed by atoms with Crippen molar-refractivity contribution in [3.63, 3.8) is 0 Å². The number of fused-ring (bicyclic) bond motifs is 4. The van der Waals surface area contributed by atoms with Crippen molar-refractivity contribution in [1.29, 1.82) is 0 Å². The maximum atomic E-state index is 11.2. The highest BCUT2D eigenvalue weighted by molar-refractivity contribution is 6.29. The van der Waals surface area contributed by atoms with E-state index in [9.17, 15) is 9.90 Å². The van der Waals surface area contributed by atoms with Gasteiger partial charge in [-0.25, -0.2) is 9.78 Å². The molecule has 0 saturated heterocycles. The van der Waals surface area contributed by atoms with Gasteiger partial charge in [-0.15, -0.1) is 0 Å². The van der Waals surface area contributed by atoms with E-state index in [1.165, 1.54) is 11.3 Å². The molecule has 2 aromatic rings. The van der Waals surface area contributed by atoms with Crippen molar-refractivity contribution >= 4 is 23.4 Å². The topological polar surface area (TPSA) is 83.3 Å². The molecule has 0 unspecified atom stereocenters. The lowest BCUT2D eigenvalue weighted by Crippen LogP contribution is -2.57. The summed E-state index contributed by atoms with van der Waals surface area (Å²) in [5, 5.41) is 17.5. The zero-order valence-electron chi connectivity index (χ0n) is 17.3. The summed E-state index contributed by atoms with van der Waals surface area (Å²) in [7, 11) is 0. The first-order valence-electron chi connectivity index (χ1n) is 10.8. The Morgan fingerprint density at radius 1 is 1.27 bits per heavy atom. The average Bonchev–Trinajstić information content (AvgIpc) is 3.03. The summed E-state index contributed by atoms with van der Waals surface area (Å²) < 4.78 is 2.27. The van der Waals surface area contributed by atoms with Crippen LogP contribution in [0.15, 0.2) is 18.3 Å². The van der Waals surface area contributed by atoms with Gasteiger partial charge in [-0.2, -0.15) is 5.10 Å². The first kappa shape index (κ1) is 19.7. The third-order valence-corrected chi connectivity index (χ3v) is 7.88. The van der Waals surface area contributed by atoms with Gasteiger partial charge in [0.15, 0.2) is 0 Å². The summed E-state index contributed by atoms with van der Waals surface area (Å²) >= 11 is 6.09. The van der Waals surface area contributed by atoms with Crippen LogP contribution in [0.5, 0.6) is 0 Å². The number of hydrogen-bond donors (Lipinski definition) is 2. The number of rotatable bonds is 4. The molecule has 0 spiro atoms. The SMILES string of the molecule is Cc1nn(CC23CCC(NC(=O)O)(CC2)CC3)c2c1CN(c1ccnc(Cl)c1)CC2. The molecule has 0 aromatic carbocycles. The van der Waals surface area contributed by atoms with Gasteiger partial charge in [-0.3, -0.25) is 4.68 Å². The Morgan fingerprint density at radius 2 is 2.00 bits per heavy atom. The second-order valence-corrected chi connectivity index (χ2v) is 9.77. The number of pyridine rings is 1. The third-order valence-electron chi connectivity index (χ3n) is 7.67. The number of halogens is 1. The molecule has 0 radical (unpaired) electrons. The van der Waals surface area contributed by atoms with Crippen molar-refractivity contribution in [3.8, 4) is 0 Å². The van der Waals surface area contributed by atoms with E-state index in [0.29, 0.717) is 5.15 Å². The molecule has 6 rings (SSSR count). The average molecular weight is 430 g/mol. The maximum Gasteiger partial charge on any atom is 0.405 e. The Labute approximate surface area is 181 Å². The summed E-state index contributed by atoms with van der Waals surface area (Å²) in [6.07, 6.45) is 7.88. The molecule has 2 N–H and O–H groups in total. The van der Waals surface area contributed by atoms with E-state index in [1.54, 1.807) is 6.20 Å². The van der Waals surface area contributed by atoms with Crippen LogP contribution in [0.2, 0.25) is 5.15 Å². The summed E-state index contributed by atoms with van der Waals surface area (Å²) in [5.41, 5.74) is 4.97. The number of aromatic nitrogens is 3. The number of carbonyl (C=O) groups is 1. The number of anilines is 1. The lowest BCUT2D eigenvalue weighted by molar-refractivity contribution is 0.00945. The van der Waals surface area contributed by atoms with Crippen LogP contribution in [0.3, 0.4) is 0 Å². The van der Waals surface area contributed by atoms with Crippen molar-refractivity contribution in [1.82, 2.24) is 20.1 Å². The van der Waals surface area contributed by atoms with Crippen LogP contribution < -0.4 is 10.2 Å². The fourth-order valence-electron chi connectivity index (χ4n) is 5.84. The molecule has 1 aliphatic heterocycles. The number of hydrogen-bond acceptors (Lipinski definition) is 4. The third kappa shape index (κ3) is 3.43. The second kappa shape index (κ2) is 7.15. The summed E-state index contributed by atoms with van der Waals surface area (Å²) in [4.78, 5) is 17.6. The van der Waals surface area contributed by atoms with E-state index in [2.05, 4.69) is 26.8 Å². The molecule has 3 fully saturated rings. The van der Waals surface area contributed by atoms with Crippen LogP contribution in [0.25, 0.3) is 0 Å². The highest BCUT2D eigenvalue weighted by Crippen LogP contribution is 2.53. The minimum atomic E-state index is -0.888. The van der Waals surface area contributed by atoms with Crippen molar-refractivity contribution in [3.05, 3.63) is 40.4 Å². The van der Waals surface area contributed by atoms with Gasteiger partial charge in [-0.05, 0) is 63.0 Å². The zero-order valence-corrected chi connectivity index (χ0v) is 18.1. The maximum absolute atomic E-state index is 11.2. The van der Waals surface area contributed by atoms with Gasteiger partial charge in [0.05, 0.1) is 5.69 Å². The molecule has 30 heavy (non-hydrogen) atoms. The van der Waals surface area contributed by atoms with E-state index < -0.39 is 6.09 Å². The number of aryl methyl sites for hydroxylation is 1. The lowest BCUT2D eigenvalue weighted by atomic mass is 9.57.